The Labute approximate surface area is 421 Å². The average Bonchev–Trinajstić information content (AvgIpc) is 3.22. The summed E-state index contributed by atoms with van der Waals surface area (Å²) in [7, 11) is 0. The van der Waals surface area contributed by atoms with Gasteiger partial charge in [0.15, 0.2) is 0 Å². The lowest BCUT2D eigenvalue weighted by molar-refractivity contribution is -0.170. The third kappa shape index (κ3) is 18.3. The number of benzene rings is 3. The molecule has 0 aromatic heterocycles. The van der Waals surface area contributed by atoms with E-state index in [-0.39, 0.29) is 96.1 Å². The highest BCUT2D eigenvalue weighted by molar-refractivity contribution is 5.71. The van der Waals surface area contributed by atoms with Crippen LogP contribution in [0.5, 0.6) is 17.2 Å². The van der Waals surface area contributed by atoms with Crippen LogP contribution < -0.4 is 0 Å². The molecule has 0 spiro atoms. The van der Waals surface area contributed by atoms with Crippen molar-refractivity contribution >= 4 is 23.9 Å². The predicted molar refractivity (Wildman–Crippen MR) is 280 cm³/mol. The van der Waals surface area contributed by atoms with E-state index in [4.69, 9.17) is 18.9 Å². The number of phenols is 3. The first-order valence-electron chi connectivity index (χ1n) is 25.0. The molecule has 0 atom stereocenters. The van der Waals surface area contributed by atoms with Gasteiger partial charge in [-0.15, -0.1) is 0 Å². The third-order valence-electron chi connectivity index (χ3n) is 12.2. The van der Waals surface area contributed by atoms with Crippen molar-refractivity contribution in [3.05, 3.63) is 87.0 Å². The zero-order chi connectivity index (χ0) is 54.0. The number of hydrogen-bond donors (Lipinski definition) is 3. The second kappa shape index (κ2) is 23.9. The van der Waals surface area contributed by atoms with Gasteiger partial charge in [-0.1, -0.05) is 181 Å². The first-order chi connectivity index (χ1) is 31.8. The normalized spacial score (nSPS) is 12.7. The number of para-hydroxylation sites is 1. The summed E-state index contributed by atoms with van der Waals surface area (Å²) in [4.78, 5) is 51.2. The molecular formula is C59H90O11. The van der Waals surface area contributed by atoms with Crippen molar-refractivity contribution in [2.75, 3.05) is 26.4 Å². The van der Waals surface area contributed by atoms with Crippen molar-refractivity contribution in [1.82, 2.24) is 0 Å². The van der Waals surface area contributed by atoms with E-state index in [9.17, 15) is 34.5 Å². The summed E-state index contributed by atoms with van der Waals surface area (Å²) in [6.07, 6.45) is 0.879. The number of hydrogen-bond acceptors (Lipinski definition) is 11. The second-order valence-corrected chi connectivity index (χ2v) is 25.1. The average molecular weight is 975 g/mol. The highest BCUT2D eigenvalue weighted by atomic mass is 16.6. The maximum Gasteiger partial charge on any atom is 0.306 e. The van der Waals surface area contributed by atoms with Crippen molar-refractivity contribution in [1.29, 1.82) is 0 Å². The molecule has 11 heteroatoms. The maximum atomic E-state index is 13.3. The van der Waals surface area contributed by atoms with Crippen LogP contribution >= 0.6 is 0 Å². The number of carbonyl (C=O) groups is 4. The lowest BCUT2D eigenvalue weighted by Gasteiger charge is -2.31. The highest BCUT2D eigenvalue weighted by Crippen LogP contribution is 2.42. The number of rotatable bonds is 16. The van der Waals surface area contributed by atoms with Gasteiger partial charge in [-0.05, 0) is 89.8 Å². The van der Waals surface area contributed by atoms with Crippen LogP contribution in [0, 0.1) is 5.41 Å². The molecule has 0 aliphatic carbocycles. The summed E-state index contributed by atoms with van der Waals surface area (Å²) in [5, 5.41) is 32.5. The van der Waals surface area contributed by atoms with E-state index in [2.05, 4.69) is 41.5 Å². The first-order valence-corrected chi connectivity index (χ1v) is 25.0. The van der Waals surface area contributed by atoms with Crippen molar-refractivity contribution < 1.29 is 53.4 Å². The van der Waals surface area contributed by atoms with Gasteiger partial charge in [-0.25, -0.2) is 0 Å². The molecule has 0 heterocycles. The van der Waals surface area contributed by atoms with E-state index < -0.39 is 29.3 Å². The summed E-state index contributed by atoms with van der Waals surface area (Å²) in [5.41, 5.74) is 4.21. The summed E-state index contributed by atoms with van der Waals surface area (Å²) < 4.78 is 22.5. The number of phenolic OH excluding ortho intramolecular Hbond substituents is 3. The molecule has 11 nitrogen and oxygen atoms in total. The molecule has 392 valence electrons. The minimum Gasteiger partial charge on any atom is -0.507 e. The maximum absolute atomic E-state index is 13.3. The number of esters is 4. The molecule has 0 aliphatic rings. The molecule has 3 aromatic carbocycles. The predicted octanol–water partition coefficient (Wildman–Crippen LogP) is 12.8. The molecule has 0 saturated carbocycles. The van der Waals surface area contributed by atoms with Gasteiger partial charge in [0.2, 0.25) is 0 Å². The molecule has 3 rings (SSSR count). The Morgan fingerprint density at radius 1 is 0.386 bits per heavy atom. The zero-order valence-corrected chi connectivity index (χ0v) is 46.7. The second-order valence-electron chi connectivity index (χ2n) is 25.1. The first kappa shape index (κ1) is 61.1. The Morgan fingerprint density at radius 3 is 0.843 bits per heavy atom. The Morgan fingerprint density at radius 2 is 0.614 bits per heavy atom. The quantitative estimate of drug-likeness (QED) is 0.0924. The summed E-state index contributed by atoms with van der Waals surface area (Å²) in [5.74, 6) is -1.16. The number of aryl methyl sites for hydroxylation is 2. The van der Waals surface area contributed by atoms with Crippen LogP contribution in [0.2, 0.25) is 0 Å². The molecule has 3 N–H and O–H groups in total. The number of aromatic hydroxyl groups is 3. The van der Waals surface area contributed by atoms with Crippen molar-refractivity contribution in [2.45, 2.75) is 209 Å². The van der Waals surface area contributed by atoms with Gasteiger partial charge in [0, 0.05) is 25.7 Å². The van der Waals surface area contributed by atoms with Crippen molar-refractivity contribution in [3.8, 4) is 17.2 Å². The Hall–Kier alpha value is -5.06. The molecule has 0 unspecified atom stereocenters. The number of carbonyl (C=O) groups excluding carboxylic acids is 4. The summed E-state index contributed by atoms with van der Waals surface area (Å²) in [6, 6.07) is 13.7. The van der Waals surface area contributed by atoms with Gasteiger partial charge in [0.1, 0.15) is 49.1 Å². The fourth-order valence-electron chi connectivity index (χ4n) is 7.74. The van der Waals surface area contributed by atoms with E-state index in [1.54, 1.807) is 13.8 Å². The van der Waals surface area contributed by atoms with Gasteiger partial charge in [-0.3, -0.25) is 19.2 Å². The van der Waals surface area contributed by atoms with Crippen LogP contribution in [0.4, 0.5) is 0 Å². The monoisotopic (exact) mass is 975 g/mol. The van der Waals surface area contributed by atoms with Crippen LogP contribution in [0.15, 0.2) is 42.5 Å². The molecule has 0 bridgehead atoms. The fraction of sp³-hybridized carbons (Fsp3) is 0.627. The number of ether oxygens (including phenoxy) is 4. The molecule has 0 fully saturated rings. The topological polar surface area (TPSA) is 166 Å². The van der Waals surface area contributed by atoms with Gasteiger partial charge in [-0.2, -0.15) is 0 Å². The van der Waals surface area contributed by atoms with Crippen molar-refractivity contribution in [3.63, 3.8) is 0 Å². The van der Waals surface area contributed by atoms with Gasteiger partial charge in [0.05, 0.1) is 0 Å². The summed E-state index contributed by atoms with van der Waals surface area (Å²) >= 11 is 0. The fourth-order valence-corrected chi connectivity index (χ4v) is 7.74. The van der Waals surface area contributed by atoms with E-state index in [0.29, 0.717) is 18.6 Å². The minimum atomic E-state index is -1.37. The molecular weight excluding hydrogens is 885 g/mol. The lowest BCUT2D eigenvalue weighted by Crippen LogP contribution is -2.44. The van der Waals surface area contributed by atoms with E-state index in [1.807, 2.05) is 126 Å². The van der Waals surface area contributed by atoms with Gasteiger partial charge >= 0.3 is 23.9 Å². The zero-order valence-electron chi connectivity index (χ0n) is 46.7. The standard InChI is InChI=1S/C45H68O10.C14H22O/c1-15-35(46)52-25-45(26-53-36(47)16-2,27-54-37(48)19-17-29-21-31(41(3,4)5)39(50)32(22-29)42(6,7)8)28-55-38(49)20-18-30-23-33(43(9,10)11)40(51)34(24-30)44(12,13)14;1-13(2,3)10-8-7-9-11(12(10)15)14(4,5)6/h21-24,50-51H,15-20,25-28H2,1-14H3;7-9,15H,1-6H3. The Kier molecular flexibility index (Phi) is 20.9. The lowest BCUT2D eigenvalue weighted by atomic mass is 9.78. The molecule has 0 radical (unpaired) electrons. The third-order valence-corrected chi connectivity index (χ3v) is 12.2. The smallest absolute Gasteiger partial charge is 0.306 e. The van der Waals surface area contributed by atoms with Crippen LogP contribution in [-0.4, -0.2) is 65.6 Å². The van der Waals surface area contributed by atoms with Crippen LogP contribution in [0.3, 0.4) is 0 Å². The van der Waals surface area contributed by atoms with E-state index >= 15 is 0 Å². The van der Waals surface area contributed by atoms with Crippen molar-refractivity contribution in [2.24, 2.45) is 5.41 Å². The largest absolute Gasteiger partial charge is 0.507 e. The van der Waals surface area contributed by atoms with Crippen LogP contribution in [-0.2, 0) is 83.5 Å². The van der Waals surface area contributed by atoms with E-state index in [0.717, 1.165) is 44.5 Å². The highest BCUT2D eigenvalue weighted by Gasteiger charge is 2.38. The Bertz CT molecular complexity index is 2030. The Balaban J connectivity index is 0.000000948. The molecule has 3 aromatic rings. The molecule has 0 saturated heterocycles. The molecule has 70 heavy (non-hydrogen) atoms. The van der Waals surface area contributed by atoms with Crippen LogP contribution in [0.25, 0.3) is 0 Å². The van der Waals surface area contributed by atoms with E-state index in [1.165, 1.54) is 0 Å². The van der Waals surface area contributed by atoms with Crippen LogP contribution in [0.1, 0.15) is 209 Å². The van der Waals surface area contributed by atoms with Gasteiger partial charge in [0.25, 0.3) is 0 Å². The SMILES string of the molecule is CC(C)(C)c1cccc(C(C)(C)C)c1O.CCC(=O)OCC(COC(=O)CC)(COC(=O)CCc1cc(C(C)(C)C)c(O)c(C(C)(C)C)c1)COC(=O)CCc1cc(C(C)(C)C)c(O)c(C(C)(C)C)c1. The van der Waals surface area contributed by atoms with Gasteiger partial charge < -0.3 is 34.3 Å². The molecule has 0 aliphatic heterocycles. The summed E-state index contributed by atoms with van der Waals surface area (Å²) in [6.45, 7) is 38.9. The minimum absolute atomic E-state index is 0.00859. The molecule has 0 amide bonds.